The lowest BCUT2D eigenvalue weighted by atomic mass is 10.1. The fourth-order valence-corrected chi connectivity index (χ4v) is 2.75. The van der Waals surface area contributed by atoms with Crippen molar-refractivity contribution in [3.8, 4) is 11.5 Å². The fraction of sp³-hybridized carbons (Fsp3) is 0.333. The first-order chi connectivity index (χ1) is 10.0. The molecule has 0 unspecified atom stereocenters. The standard InChI is InChI=1S/C15H17N3O3/c1-9-16-14-2-3-18(8-13(14)15(21)17-9)7-10-4-11(19)6-12(20)5-10/h4-6,19-20H,2-3,7-8H2,1H3,(H,16,17,21). The Bertz CT molecular complexity index is 719. The summed E-state index contributed by atoms with van der Waals surface area (Å²) < 4.78 is 0. The van der Waals surface area contributed by atoms with Gasteiger partial charge < -0.3 is 15.2 Å². The number of hydrogen-bond donors (Lipinski definition) is 3. The number of aryl methyl sites for hydroxylation is 1. The van der Waals surface area contributed by atoms with E-state index in [0.717, 1.165) is 24.2 Å². The summed E-state index contributed by atoms with van der Waals surface area (Å²) in [5.74, 6) is 0.722. The van der Waals surface area contributed by atoms with E-state index in [-0.39, 0.29) is 17.1 Å². The molecule has 0 saturated carbocycles. The number of phenolic OH excluding ortho intramolecular Hbond substituents is 2. The number of nitrogens with one attached hydrogen (secondary N) is 1. The number of fused-ring (bicyclic) bond motifs is 1. The quantitative estimate of drug-likeness (QED) is 0.768. The molecule has 0 spiro atoms. The summed E-state index contributed by atoms with van der Waals surface area (Å²) in [5.41, 5.74) is 2.30. The van der Waals surface area contributed by atoms with Gasteiger partial charge in [-0.1, -0.05) is 0 Å². The van der Waals surface area contributed by atoms with Crippen molar-refractivity contribution < 1.29 is 10.2 Å². The zero-order valence-electron chi connectivity index (χ0n) is 11.8. The van der Waals surface area contributed by atoms with Gasteiger partial charge in [0.1, 0.15) is 17.3 Å². The highest BCUT2D eigenvalue weighted by molar-refractivity contribution is 5.36. The van der Waals surface area contributed by atoms with Gasteiger partial charge in [0.05, 0.1) is 11.3 Å². The smallest absolute Gasteiger partial charge is 0.255 e. The molecule has 6 heteroatoms. The van der Waals surface area contributed by atoms with Crippen molar-refractivity contribution in [3.05, 3.63) is 51.2 Å². The van der Waals surface area contributed by atoms with Crippen LogP contribution in [0.1, 0.15) is 22.6 Å². The summed E-state index contributed by atoms with van der Waals surface area (Å²) in [6.07, 6.45) is 0.727. The molecule has 0 amide bonds. The fourth-order valence-electron chi connectivity index (χ4n) is 2.75. The summed E-state index contributed by atoms with van der Waals surface area (Å²) in [5, 5.41) is 19.0. The maximum Gasteiger partial charge on any atom is 0.255 e. The predicted molar refractivity (Wildman–Crippen MR) is 77.2 cm³/mol. The lowest BCUT2D eigenvalue weighted by molar-refractivity contribution is 0.241. The van der Waals surface area contributed by atoms with Crippen LogP contribution in [-0.2, 0) is 19.5 Å². The molecule has 0 saturated heterocycles. The van der Waals surface area contributed by atoms with E-state index < -0.39 is 0 Å². The topological polar surface area (TPSA) is 89.5 Å². The molecule has 2 heterocycles. The zero-order chi connectivity index (χ0) is 15.0. The largest absolute Gasteiger partial charge is 0.508 e. The van der Waals surface area contributed by atoms with Crippen molar-refractivity contribution in [1.29, 1.82) is 0 Å². The summed E-state index contributed by atoms with van der Waals surface area (Å²) in [7, 11) is 0. The molecular weight excluding hydrogens is 270 g/mol. The van der Waals surface area contributed by atoms with Crippen molar-refractivity contribution in [2.24, 2.45) is 0 Å². The molecule has 0 bridgehead atoms. The number of hydrogen-bond acceptors (Lipinski definition) is 5. The van der Waals surface area contributed by atoms with Crippen LogP contribution in [0.5, 0.6) is 11.5 Å². The molecule has 6 nitrogen and oxygen atoms in total. The Morgan fingerprint density at radius 1 is 1.29 bits per heavy atom. The number of benzene rings is 1. The lowest BCUT2D eigenvalue weighted by Crippen LogP contribution is -2.35. The van der Waals surface area contributed by atoms with Gasteiger partial charge >= 0.3 is 0 Å². The van der Waals surface area contributed by atoms with Gasteiger partial charge in [0.2, 0.25) is 0 Å². The average molecular weight is 287 g/mol. The van der Waals surface area contributed by atoms with E-state index in [1.54, 1.807) is 19.1 Å². The SMILES string of the molecule is Cc1nc2c(c(=O)[nH]1)CN(Cc1cc(O)cc(O)c1)CC2. The highest BCUT2D eigenvalue weighted by atomic mass is 16.3. The van der Waals surface area contributed by atoms with Gasteiger partial charge in [0.15, 0.2) is 0 Å². The molecule has 1 aromatic heterocycles. The number of aromatic amines is 1. The van der Waals surface area contributed by atoms with Gasteiger partial charge in [-0.3, -0.25) is 9.69 Å². The van der Waals surface area contributed by atoms with Crippen LogP contribution in [0, 0.1) is 6.92 Å². The highest BCUT2D eigenvalue weighted by Crippen LogP contribution is 2.23. The van der Waals surface area contributed by atoms with Crippen LogP contribution in [-0.4, -0.2) is 31.6 Å². The Hall–Kier alpha value is -2.34. The minimum atomic E-state index is -0.0824. The highest BCUT2D eigenvalue weighted by Gasteiger charge is 2.20. The molecule has 3 N–H and O–H groups in total. The molecule has 2 aromatic rings. The number of aromatic nitrogens is 2. The molecule has 0 aliphatic carbocycles. The van der Waals surface area contributed by atoms with Crippen LogP contribution in [0.3, 0.4) is 0 Å². The Balaban J connectivity index is 1.82. The van der Waals surface area contributed by atoms with Crippen LogP contribution in [0.25, 0.3) is 0 Å². The van der Waals surface area contributed by atoms with Gasteiger partial charge in [-0.15, -0.1) is 0 Å². The van der Waals surface area contributed by atoms with E-state index >= 15 is 0 Å². The van der Waals surface area contributed by atoms with Gasteiger partial charge in [0, 0.05) is 32.1 Å². The van der Waals surface area contributed by atoms with E-state index in [9.17, 15) is 15.0 Å². The summed E-state index contributed by atoms with van der Waals surface area (Å²) in [6, 6.07) is 4.53. The minimum absolute atomic E-state index is 0.0394. The van der Waals surface area contributed by atoms with Crippen molar-refractivity contribution in [2.75, 3.05) is 6.54 Å². The van der Waals surface area contributed by atoms with Crippen LogP contribution in [0.15, 0.2) is 23.0 Å². The lowest BCUT2D eigenvalue weighted by Gasteiger charge is -2.27. The normalized spacial score (nSPS) is 14.9. The third-order valence-corrected chi connectivity index (χ3v) is 3.63. The molecule has 0 fully saturated rings. The average Bonchev–Trinajstić information content (AvgIpc) is 2.38. The van der Waals surface area contributed by atoms with Gasteiger partial charge in [-0.05, 0) is 24.6 Å². The third kappa shape index (κ3) is 2.90. The number of H-pyrrole nitrogens is 1. The van der Waals surface area contributed by atoms with E-state index in [4.69, 9.17) is 0 Å². The first-order valence-corrected chi connectivity index (χ1v) is 6.84. The van der Waals surface area contributed by atoms with Crippen molar-refractivity contribution in [2.45, 2.75) is 26.4 Å². The minimum Gasteiger partial charge on any atom is -0.508 e. The molecular formula is C15H17N3O3. The van der Waals surface area contributed by atoms with Crippen LogP contribution < -0.4 is 5.56 Å². The van der Waals surface area contributed by atoms with Crippen LogP contribution in [0.4, 0.5) is 0 Å². The van der Waals surface area contributed by atoms with E-state index in [1.807, 2.05) is 0 Å². The second-order valence-corrected chi connectivity index (χ2v) is 5.39. The molecule has 110 valence electrons. The number of aromatic hydroxyl groups is 2. The molecule has 1 aliphatic heterocycles. The van der Waals surface area contributed by atoms with Gasteiger partial charge in [-0.25, -0.2) is 4.98 Å². The van der Waals surface area contributed by atoms with Crippen molar-refractivity contribution >= 4 is 0 Å². The Labute approximate surface area is 121 Å². The Morgan fingerprint density at radius 2 is 2.00 bits per heavy atom. The Morgan fingerprint density at radius 3 is 2.71 bits per heavy atom. The molecule has 1 aliphatic rings. The van der Waals surface area contributed by atoms with E-state index in [1.165, 1.54) is 6.07 Å². The van der Waals surface area contributed by atoms with Gasteiger partial charge in [-0.2, -0.15) is 0 Å². The molecule has 21 heavy (non-hydrogen) atoms. The molecule has 0 radical (unpaired) electrons. The number of nitrogens with zero attached hydrogens (tertiary/aromatic N) is 2. The summed E-state index contributed by atoms with van der Waals surface area (Å²) >= 11 is 0. The monoisotopic (exact) mass is 287 g/mol. The molecule has 3 rings (SSSR count). The van der Waals surface area contributed by atoms with Crippen LogP contribution >= 0.6 is 0 Å². The maximum atomic E-state index is 12.0. The molecule has 0 atom stereocenters. The van der Waals surface area contributed by atoms with E-state index in [2.05, 4.69) is 14.9 Å². The van der Waals surface area contributed by atoms with Crippen molar-refractivity contribution in [1.82, 2.24) is 14.9 Å². The van der Waals surface area contributed by atoms with Crippen LogP contribution in [0.2, 0.25) is 0 Å². The first kappa shape index (κ1) is 13.6. The predicted octanol–water partition coefficient (Wildman–Crippen LogP) is 1.05. The second kappa shape index (κ2) is 5.21. The second-order valence-electron chi connectivity index (χ2n) is 5.39. The first-order valence-electron chi connectivity index (χ1n) is 6.84. The zero-order valence-corrected chi connectivity index (χ0v) is 11.8. The third-order valence-electron chi connectivity index (χ3n) is 3.63. The number of rotatable bonds is 2. The summed E-state index contributed by atoms with van der Waals surface area (Å²) in [6.45, 7) is 3.66. The van der Waals surface area contributed by atoms with Crippen molar-refractivity contribution in [3.63, 3.8) is 0 Å². The summed E-state index contributed by atoms with van der Waals surface area (Å²) in [4.78, 5) is 21.2. The number of phenols is 2. The van der Waals surface area contributed by atoms with Gasteiger partial charge in [0.25, 0.3) is 5.56 Å². The Kier molecular flexibility index (Phi) is 3.39. The maximum absolute atomic E-state index is 12.0. The van der Waals surface area contributed by atoms with E-state index in [0.29, 0.717) is 24.5 Å². The molecule has 1 aromatic carbocycles.